The lowest BCUT2D eigenvalue weighted by Crippen LogP contribution is -2.21. The highest BCUT2D eigenvalue weighted by molar-refractivity contribution is 5.80. The molecular formula is C14H20N2O2. The van der Waals surface area contributed by atoms with Gasteiger partial charge in [-0.05, 0) is 44.0 Å². The van der Waals surface area contributed by atoms with Crippen LogP contribution in [0.4, 0.5) is 5.69 Å². The first-order valence-corrected chi connectivity index (χ1v) is 6.40. The highest BCUT2D eigenvalue weighted by Crippen LogP contribution is 2.23. The van der Waals surface area contributed by atoms with Crippen molar-refractivity contribution in [3.05, 3.63) is 23.8 Å². The van der Waals surface area contributed by atoms with E-state index < -0.39 is 0 Å². The van der Waals surface area contributed by atoms with Gasteiger partial charge >= 0.3 is 0 Å². The maximum Gasteiger partial charge on any atom is 0.153 e. The Morgan fingerprint density at radius 3 is 3.00 bits per heavy atom. The molecular weight excluding hydrogens is 228 g/mol. The molecule has 1 saturated heterocycles. The zero-order valence-corrected chi connectivity index (χ0v) is 10.7. The summed E-state index contributed by atoms with van der Waals surface area (Å²) in [5.74, 6) is 0.812. The maximum absolute atomic E-state index is 10.6. The standard InChI is InChI=1S/C14H20N2O2/c1-16(7-5-11-4-6-15-9-11)13-3-2-12(10-17)14(18)8-13/h2-3,8,10-11,15,18H,4-7,9H2,1H3. The summed E-state index contributed by atoms with van der Waals surface area (Å²) in [4.78, 5) is 12.7. The fourth-order valence-corrected chi connectivity index (χ4v) is 2.34. The summed E-state index contributed by atoms with van der Waals surface area (Å²) in [7, 11) is 2.01. The van der Waals surface area contributed by atoms with Crippen molar-refractivity contribution in [1.29, 1.82) is 0 Å². The molecule has 2 rings (SSSR count). The van der Waals surface area contributed by atoms with Crippen LogP contribution in [-0.2, 0) is 0 Å². The van der Waals surface area contributed by atoms with Crippen LogP contribution in [0.15, 0.2) is 18.2 Å². The average molecular weight is 248 g/mol. The lowest BCUT2D eigenvalue weighted by molar-refractivity contribution is 0.112. The van der Waals surface area contributed by atoms with Crippen LogP contribution < -0.4 is 10.2 Å². The summed E-state index contributed by atoms with van der Waals surface area (Å²) in [6.07, 6.45) is 3.08. The minimum absolute atomic E-state index is 0.0527. The molecule has 0 aliphatic carbocycles. The molecule has 0 radical (unpaired) electrons. The molecule has 0 amide bonds. The van der Waals surface area contributed by atoms with Crippen molar-refractivity contribution in [3.63, 3.8) is 0 Å². The number of phenols is 1. The molecule has 1 unspecified atom stereocenters. The van der Waals surface area contributed by atoms with Crippen molar-refractivity contribution in [1.82, 2.24) is 5.32 Å². The molecule has 1 aliphatic heterocycles. The van der Waals surface area contributed by atoms with Crippen LogP contribution in [0.1, 0.15) is 23.2 Å². The molecule has 1 aromatic carbocycles. The number of phenolic OH excluding ortho intramolecular Hbond substituents is 1. The van der Waals surface area contributed by atoms with Crippen molar-refractivity contribution in [2.75, 3.05) is 31.6 Å². The van der Waals surface area contributed by atoms with Gasteiger partial charge in [0.1, 0.15) is 5.75 Å². The second-order valence-corrected chi connectivity index (χ2v) is 4.93. The Morgan fingerprint density at radius 2 is 2.39 bits per heavy atom. The molecule has 1 heterocycles. The van der Waals surface area contributed by atoms with Crippen molar-refractivity contribution in [2.24, 2.45) is 5.92 Å². The molecule has 2 N–H and O–H groups in total. The zero-order chi connectivity index (χ0) is 13.0. The summed E-state index contributed by atoms with van der Waals surface area (Å²) in [6, 6.07) is 5.18. The van der Waals surface area contributed by atoms with E-state index in [0.717, 1.165) is 37.7 Å². The Hall–Kier alpha value is -1.55. The normalized spacial score (nSPS) is 18.8. The Kier molecular flexibility index (Phi) is 4.20. The van der Waals surface area contributed by atoms with Crippen molar-refractivity contribution in [2.45, 2.75) is 12.8 Å². The monoisotopic (exact) mass is 248 g/mol. The van der Waals surface area contributed by atoms with Crippen LogP contribution in [0.2, 0.25) is 0 Å². The second-order valence-electron chi connectivity index (χ2n) is 4.93. The number of aldehydes is 1. The molecule has 0 saturated carbocycles. The van der Waals surface area contributed by atoms with E-state index in [0.29, 0.717) is 11.8 Å². The van der Waals surface area contributed by atoms with E-state index in [1.165, 1.54) is 6.42 Å². The minimum Gasteiger partial charge on any atom is -0.507 e. The van der Waals surface area contributed by atoms with Crippen LogP contribution in [0, 0.1) is 5.92 Å². The number of hydrogen-bond donors (Lipinski definition) is 2. The molecule has 1 fully saturated rings. The van der Waals surface area contributed by atoms with Gasteiger partial charge in [0.05, 0.1) is 5.56 Å². The van der Waals surface area contributed by atoms with Gasteiger partial charge in [-0.25, -0.2) is 0 Å². The quantitative estimate of drug-likeness (QED) is 0.778. The van der Waals surface area contributed by atoms with E-state index in [-0.39, 0.29) is 5.75 Å². The second kappa shape index (κ2) is 5.87. The summed E-state index contributed by atoms with van der Waals surface area (Å²) < 4.78 is 0. The molecule has 98 valence electrons. The predicted octanol–water partition coefficient (Wildman–Crippen LogP) is 1.64. The van der Waals surface area contributed by atoms with Crippen molar-refractivity contribution >= 4 is 12.0 Å². The molecule has 1 atom stereocenters. The fraction of sp³-hybridized carbons (Fsp3) is 0.500. The SMILES string of the molecule is CN(CCC1CCNC1)c1ccc(C=O)c(O)c1. The smallest absolute Gasteiger partial charge is 0.153 e. The number of carbonyl (C=O) groups excluding carboxylic acids is 1. The number of carbonyl (C=O) groups is 1. The van der Waals surface area contributed by atoms with E-state index in [1.54, 1.807) is 12.1 Å². The van der Waals surface area contributed by atoms with E-state index in [4.69, 9.17) is 0 Å². The maximum atomic E-state index is 10.6. The summed E-state index contributed by atoms with van der Waals surface area (Å²) in [5, 5.41) is 13.0. The summed E-state index contributed by atoms with van der Waals surface area (Å²) in [5.41, 5.74) is 1.29. The van der Waals surface area contributed by atoms with Crippen LogP contribution in [0.25, 0.3) is 0 Å². The van der Waals surface area contributed by atoms with Gasteiger partial charge in [-0.3, -0.25) is 4.79 Å². The van der Waals surface area contributed by atoms with Crippen LogP contribution in [-0.4, -0.2) is 38.1 Å². The van der Waals surface area contributed by atoms with Gasteiger partial charge in [-0.1, -0.05) is 0 Å². The Bertz CT molecular complexity index is 414. The first kappa shape index (κ1) is 12.9. The third-order valence-corrected chi connectivity index (χ3v) is 3.62. The summed E-state index contributed by atoms with van der Waals surface area (Å²) in [6.45, 7) is 3.21. The van der Waals surface area contributed by atoms with Gasteiger partial charge in [0, 0.05) is 25.3 Å². The lowest BCUT2D eigenvalue weighted by Gasteiger charge is -2.21. The number of nitrogens with one attached hydrogen (secondary N) is 1. The number of aromatic hydroxyl groups is 1. The van der Waals surface area contributed by atoms with Gasteiger partial charge < -0.3 is 15.3 Å². The molecule has 18 heavy (non-hydrogen) atoms. The van der Waals surface area contributed by atoms with Crippen LogP contribution in [0.3, 0.4) is 0 Å². The molecule has 0 bridgehead atoms. The van der Waals surface area contributed by atoms with Crippen molar-refractivity contribution < 1.29 is 9.90 Å². The van der Waals surface area contributed by atoms with E-state index in [9.17, 15) is 9.90 Å². The topological polar surface area (TPSA) is 52.6 Å². The Morgan fingerprint density at radius 1 is 1.56 bits per heavy atom. The van der Waals surface area contributed by atoms with Gasteiger partial charge in [0.2, 0.25) is 0 Å². The van der Waals surface area contributed by atoms with Gasteiger partial charge in [-0.15, -0.1) is 0 Å². The fourth-order valence-electron chi connectivity index (χ4n) is 2.34. The largest absolute Gasteiger partial charge is 0.507 e. The Balaban J connectivity index is 1.93. The number of hydrogen-bond acceptors (Lipinski definition) is 4. The molecule has 0 aromatic heterocycles. The first-order valence-electron chi connectivity index (χ1n) is 6.40. The van der Waals surface area contributed by atoms with E-state index in [1.807, 2.05) is 13.1 Å². The first-order chi connectivity index (χ1) is 8.70. The molecule has 4 nitrogen and oxygen atoms in total. The van der Waals surface area contributed by atoms with Gasteiger partial charge in [-0.2, -0.15) is 0 Å². The lowest BCUT2D eigenvalue weighted by atomic mass is 10.0. The number of nitrogens with zero attached hydrogens (tertiary/aromatic N) is 1. The van der Waals surface area contributed by atoms with Crippen LogP contribution in [0.5, 0.6) is 5.75 Å². The highest BCUT2D eigenvalue weighted by Gasteiger charge is 2.15. The third kappa shape index (κ3) is 3.01. The highest BCUT2D eigenvalue weighted by atomic mass is 16.3. The van der Waals surface area contributed by atoms with Crippen LogP contribution >= 0.6 is 0 Å². The van der Waals surface area contributed by atoms with Gasteiger partial charge in [0.25, 0.3) is 0 Å². The van der Waals surface area contributed by atoms with Crippen molar-refractivity contribution in [3.8, 4) is 5.75 Å². The predicted molar refractivity (Wildman–Crippen MR) is 72.4 cm³/mol. The summed E-state index contributed by atoms with van der Waals surface area (Å²) >= 11 is 0. The molecule has 4 heteroatoms. The van der Waals surface area contributed by atoms with E-state index >= 15 is 0 Å². The Labute approximate surface area is 108 Å². The van der Waals surface area contributed by atoms with Gasteiger partial charge in [0.15, 0.2) is 6.29 Å². The van der Waals surface area contributed by atoms with E-state index in [2.05, 4.69) is 10.2 Å². The minimum atomic E-state index is 0.0527. The molecule has 1 aromatic rings. The number of rotatable bonds is 5. The number of anilines is 1. The molecule has 1 aliphatic rings. The molecule has 0 spiro atoms. The number of benzene rings is 1. The zero-order valence-electron chi connectivity index (χ0n) is 10.7. The third-order valence-electron chi connectivity index (χ3n) is 3.62. The average Bonchev–Trinajstić information content (AvgIpc) is 2.89.